The Morgan fingerprint density at radius 2 is 0.931 bits per heavy atom. The van der Waals surface area contributed by atoms with Crippen molar-refractivity contribution in [3.8, 4) is 0 Å². The van der Waals surface area contributed by atoms with Crippen LogP contribution in [0.15, 0.2) is 115 Å². The molecule has 29 heavy (non-hydrogen) atoms. The molecule has 0 fully saturated rings. The fourth-order valence-corrected chi connectivity index (χ4v) is 2.62. The third kappa shape index (κ3) is 9.26. The van der Waals surface area contributed by atoms with Crippen molar-refractivity contribution >= 4 is 28.4 Å². The van der Waals surface area contributed by atoms with Gasteiger partial charge in [0.15, 0.2) is 0 Å². The summed E-state index contributed by atoms with van der Waals surface area (Å²) in [6.45, 7) is 6.78. The van der Waals surface area contributed by atoms with Gasteiger partial charge in [0.25, 0.3) is 0 Å². The molecule has 0 heterocycles. The van der Waals surface area contributed by atoms with Gasteiger partial charge in [-0.2, -0.15) is 59.7 Å². The van der Waals surface area contributed by atoms with Crippen LogP contribution in [0.5, 0.6) is 0 Å². The smallest absolute Gasteiger partial charge is 0.0809 e. The van der Waals surface area contributed by atoms with E-state index in [0.29, 0.717) is 0 Å². The predicted octanol–water partition coefficient (Wildman–Crippen LogP) is 7.50. The van der Waals surface area contributed by atoms with E-state index in [1.54, 1.807) is 0 Å². The van der Waals surface area contributed by atoms with Gasteiger partial charge >= 0.3 is 30.2 Å². The predicted molar refractivity (Wildman–Crippen MR) is 129 cm³/mol. The molecule has 0 spiro atoms. The zero-order valence-corrected chi connectivity index (χ0v) is 20.6. The van der Waals surface area contributed by atoms with Crippen LogP contribution in [0.2, 0.25) is 0 Å². The maximum Gasteiger partial charge on any atom is -0.0809 e. The zero-order chi connectivity index (χ0) is 19.3. The first-order chi connectivity index (χ1) is 13.3. The number of benzene rings is 3. The second-order valence-electron chi connectivity index (χ2n) is 5.79. The van der Waals surface area contributed by atoms with Crippen molar-refractivity contribution in [1.29, 1.82) is 0 Å². The Morgan fingerprint density at radius 1 is 0.552 bits per heavy atom. The Hall–Kier alpha value is -2.15. The van der Waals surface area contributed by atoms with Gasteiger partial charge in [-0.1, -0.05) is 18.2 Å². The standard InChI is InChI=1S/2C9H7.C7H7.2CH3.Si.Zr/c2*1-2-5-9-7-3-6-8(9)4-1;1-7-5-3-2-4-6-7;;;;/h2*1-7H;2-6H,1H2;2*1H3;;/q5*-1;;. The fourth-order valence-electron chi connectivity index (χ4n) is 2.62. The van der Waals surface area contributed by atoms with Crippen LogP contribution in [0, 0.1) is 21.8 Å². The summed E-state index contributed by atoms with van der Waals surface area (Å²) in [5.41, 5.74) is 1.07. The van der Waals surface area contributed by atoms with Crippen LogP contribution < -0.4 is 0 Å². The summed E-state index contributed by atoms with van der Waals surface area (Å²) in [4.78, 5) is 0. The molecule has 2 heteroatoms. The molecule has 2 radical (unpaired) electrons. The Bertz CT molecular complexity index is 901. The quantitative estimate of drug-likeness (QED) is 0.162. The second-order valence-corrected chi connectivity index (χ2v) is 5.79. The largest absolute Gasteiger partial charge is 0.168 e. The van der Waals surface area contributed by atoms with Gasteiger partial charge in [0, 0.05) is 0 Å². The molecule has 0 aliphatic rings. The van der Waals surface area contributed by atoms with Gasteiger partial charge in [-0.15, -0.1) is 71.4 Å². The first-order valence-electron chi connectivity index (χ1n) is 8.66. The first-order valence-corrected chi connectivity index (χ1v) is 12.8. The summed E-state index contributed by atoms with van der Waals surface area (Å²) in [7, 11) is 0. The van der Waals surface area contributed by atoms with E-state index in [9.17, 15) is 0 Å². The van der Waals surface area contributed by atoms with Crippen molar-refractivity contribution in [3.05, 3.63) is 143 Å². The van der Waals surface area contributed by atoms with Gasteiger partial charge < -0.3 is 14.9 Å². The van der Waals surface area contributed by atoms with E-state index in [1.165, 1.54) is 44.9 Å². The molecule has 0 N–H and O–H groups in total. The van der Waals surface area contributed by atoms with Crippen molar-refractivity contribution in [3.63, 3.8) is 0 Å². The molecule has 0 amide bonds. The molecule has 0 atom stereocenters. The first kappa shape index (κ1) is 26.9. The molecule has 0 saturated heterocycles. The molecule has 5 rings (SSSR count). The zero-order valence-electron chi connectivity index (χ0n) is 17.2. The van der Waals surface area contributed by atoms with Gasteiger partial charge in [-0.05, 0) is 0 Å². The molecule has 148 valence electrons. The fraction of sp³-hybridized carbons (Fsp3) is 0. The van der Waals surface area contributed by atoms with E-state index < -0.39 is 0 Å². The topological polar surface area (TPSA) is 0 Å². The van der Waals surface area contributed by atoms with Crippen molar-refractivity contribution < 1.29 is 23.3 Å². The molecule has 0 bridgehead atoms. The van der Waals surface area contributed by atoms with Gasteiger partial charge in [-0.3, -0.25) is 0 Å². The molecule has 0 aliphatic heterocycles. The van der Waals surface area contributed by atoms with Crippen molar-refractivity contribution in [2.24, 2.45) is 0 Å². The van der Waals surface area contributed by atoms with E-state index in [1.807, 2.05) is 30.3 Å². The second kappa shape index (κ2) is 15.7. The van der Waals surface area contributed by atoms with Gasteiger partial charge in [0.1, 0.15) is 0 Å². The van der Waals surface area contributed by atoms with Gasteiger partial charge in [0.2, 0.25) is 0 Å². The minimum atomic E-state index is 0. The van der Waals surface area contributed by atoms with E-state index in [4.69, 9.17) is 0 Å². The molecular weight excluding hydrogens is 444 g/mol. The summed E-state index contributed by atoms with van der Waals surface area (Å²) in [5.74, 6) is 0. The van der Waals surface area contributed by atoms with Crippen molar-refractivity contribution in [2.45, 2.75) is 0 Å². The Balaban J connectivity index is 0.000000379. The normalized spacial score (nSPS) is 8.52. The van der Waals surface area contributed by atoms with Crippen molar-refractivity contribution in [2.75, 3.05) is 0 Å². The van der Waals surface area contributed by atoms with E-state index >= 15 is 0 Å². The molecular formula is C27H27SiZr-5. The number of hydrogen-bond donors (Lipinski definition) is 0. The van der Waals surface area contributed by atoms with E-state index in [-0.39, 0.29) is 14.9 Å². The summed E-state index contributed by atoms with van der Waals surface area (Å²) in [5, 5.41) is 5.32. The molecule has 5 aromatic rings. The number of hydrogen-bond acceptors (Lipinski definition) is 0. The third-order valence-electron chi connectivity index (χ3n) is 3.94. The summed E-state index contributed by atoms with van der Waals surface area (Å²) < 4.78 is 0. The molecule has 0 aliphatic carbocycles. The number of fused-ring (bicyclic) bond motifs is 2. The average molecular weight is 471 g/mol. The van der Waals surface area contributed by atoms with Gasteiger partial charge in [0.05, 0.1) is 0 Å². The minimum Gasteiger partial charge on any atom is -0.168 e. The SMILES string of the molecule is [CH2-]c1ccccc1.[CH3-].[CH3-].[Si]=[Zr].c1ccc2[cH-]ccc2c1.c1ccc2[cH-]ccc2c1. The Morgan fingerprint density at radius 3 is 1.28 bits per heavy atom. The van der Waals surface area contributed by atoms with Crippen LogP contribution in [0.1, 0.15) is 5.56 Å². The maximum absolute atomic E-state index is 3.72. The average Bonchev–Trinajstić information content (AvgIpc) is 3.40. The van der Waals surface area contributed by atoms with Crippen molar-refractivity contribution in [1.82, 2.24) is 0 Å². The van der Waals surface area contributed by atoms with Crippen LogP contribution >= 0.6 is 0 Å². The summed E-state index contributed by atoms with van der Waals surface area (Å²) in [6.07, 6.45) is 0. The van der Waals surface area contributed by atoms with Crippen LogP contribution in [0.3, 0.4) is 0 Å². The Labute approximate surface area is 193 Å². The molecule has 5 aromatic carbocycles. The molecule has 0 aromatic heterocycles. The molecule has 0 saturated carbocycles. The van der Waals surface area contributed by atoms with E-state index in [0.717, 1.165) is 5.56 Å². The number of rotatable bonds is 0. The molecule has 0 unspecified atom stereocenters. The van der Waals surface area contributed by atoms with Crippen LogP contribution in [0.4, 0.5) is 0 Å². The summed E-state index contributed by atoms with van der Waals surface area (Å²) >= 11 is 1.36. The van der Waals surface area contributed by atoms with Crippen LogP contribution in [-0.2, 0) is 23.3 Å². The van der Waals surface area contributed by atoms with Crippen LogP contribution in [-0.4, -0.2) is 6.88 Å². The Kier molecular flexibility index (Phi) is 14.6. The maximum atomic E-state index is 3.72. The minimum absolute atomic E-state index is 0. The monoisotopic (exact) mass is 469 g/mol. The van der Waals surface area contributed by atoms with Crippen LogP contribution in [0.25, 0.3) is 21.5 Å². The van der Waals surface area contributed by atoms with Gasteiger partial charge in [-0.25, -0.2) is 0 Å². The molecule has 0 nitrogen and oxygen atoms in total. The third-order valence-corrected chi connectivity index (χ3v) is 3.94. The van der Waals surface area contributed by atoms with E-state index in [2.05, 4.69) is 98.7 Å². The summed E-state index contributed by atoms with van der Waals surface area (Å²) in [6, 6.07) is 39.2.